The average Bonchev–Trinajstić information content (AvgIpc) is 2.28. The van der Waals surface area contributed by atoms with Gasteiger partial charge in [0.15, 0.2) is 0 Å². The molecule has 0 bridgehead atoms. The van der Waals surface area contributed by atoms with Gasteiger partial charge in [0.25, 0.3) is 0 Å². The second-order valence-electron chi connectivity index (χ2n) is 3.53. The number of pyridine rings is 1. The molecule has 18 heavy (non-hydrogen) atoms. The fourth-order valence-electron chi connectivity index (χ4n) is 1.37. The van der Waals surface area contributed by atoms with Crippen LogP contribution in [0.2, 0.25) is 0 Å². The minimum absolute atomic E-state index is 0.00318. The van der Waals surface area contributed by atoms with E-state index in [1.807, 2.05) is 6.07 Å². The Morgan fingerprint density at radius 3 is 2.44 bits per heavy atom. The number of aromatic nitrogens is 1. The first-order valence-electron chi connectivity index (χ1n) is 5.14. The normalized spacial score (nSPS) is 11.3. The van der Waals surface area contributed by atoms with Crippen molar-refractivity contribution < 1.29 is 17.9 Å². The van der Waals surface area contributed by atoms with Gasteiger partial charge in [-0.1, -0.05) is 18.2 Å². The highest BCUT2D eigenvalue weighted by atomic mass is 19.4. The highest BCUT2D eigenvalue weighted by Gasteiger charge is 2.28. The summed E-state index contributed by atoms with van der Waals surface area (Å²) < 4.78 is 41.9. The first-order valence-corrected chi connectivity index (χ1v) is 5.14. The number of alkyl halides is 3. The number of halogens is 3. The predicted molar refractivity (Wildman–Crippen MR) is 60.2 cm³/mol. The Kier molecular flexibility index (Phi) is 3.50. The summed E-state index contributed by atoms with van der Waals surface area (Å²) in [5.41, 5.74) is 0.00318. The van der Waals surface area contributed by atoms with Gasteiger partial charge >= 0.3 is 6.18 Å². The van der Waals surface area contributed by atoms with E-state index in [4.69, 9.17) is 4.74 Å². The quantitative estimate of drug-likeness (QED) is 0.824. The molecule has 1 heterocycles. The fourth-order valence-corrected chi connectivity index (χ4v) is 1.37. The van der Waals surface area contributed by atoms with E-state index in [1.165, 1.54) is 18.3 Å². The van der Waals surface area contributed by atoms with E-state index in [9.17, 15) is 13.2 Å². The molecule has 1 radical (unpaired) electrons. The molecule has 0 amide bonds. The molecule has 0 fully saturated rings. The summed E-state index contributed by atoms with van der Waals surface area (Å²) in [5.74, 6) is 0.647. The lowest BCUT2D eigenvalue weighted by atomic mass is 10.2. The van der Waals surface area contributed by atoms with Crippen LogP contribution in [0.15, 0.2) is 48.7 Å². The van der Waals surface area contributed by atoms with Crippen LogP contribution in [0.25, 0.3) is 0 Å². The van der Waals surface area contributed by atoms with Gasteiger partial charge in [0, 0.05) is 12.3 Å². The zero-order valence-electron chi connectivity index (χ0n) is 9.19. The van der Waals surface area contributed by atoms with Crippen LogP contribution in [0, 0.1) is 6.42 Å². The minimum Gasteiger partial charge on any atom is -0.439 e. The second-order valence-corrected chi connectivity index (χ2v) is 3.53. The van der Waals surface area contributed by atoms with Gasteiger partial charge in [-0.3, -0.25) is 0 Å². The van der Waals surface area contributed by atoms with Crippen LogP contribution >= 0.6 is 0 Å². The Labute approximate surface area is 102 Å². The second kappa shape index (κ2) is 5.08. The minimum atomic E-state index is -4.36. The first-order chi connectivity index (χ1) is 8.53. The summed E-state index contributed by atoms with van der Waals surface area (Å²) in [5, 5.41) is 0. The number of para-hydroxylation sites is 1. The number of ether oxygens (including phenoxy) is 1. The van der Waals surface area contributed by atoms with Crippen LogP contribution in [0.5, 0.6) is 11.6 Å². The summed E-state index contributed by atoms with van der Waals surface area (Å²) in [7, 11) is 0. The van der Waals surface area contributed by atoms with Gasteiger partial charge in [-0.25, -0.2) is 4.98 Å². The average molecular weight is 252 g/mol. The molecule has 0 saturated carbocycles. The van der Waals surface area contributed by atoms with E-state index in [0.29, 0.717) is 5.75 Å². The lowest BCUT2D eigenvalue weighted by Gasteiger charge is -2.08. The Hall–Kier alpha value is -2.04. The van der Waals surface area contributed by atoms with E-state index in [1.54, 1.807) is 24.3 Å². The summed E-state index contributed by atoms with van der Waals surface area (Å²) in [6, 6.07) is 11.2. The summed E-state index contributed by atoms with van der Waals surface area (Å²) in [6.07, 6.45) is -2.88. The molecule has 2 nitrogen and oxygen atoms in total. The SMILES string of the molecule is FC(F)(F)[CH]c1ccnc(Oc2ccccc2)c1. The van der Waals surface area contributed by atoms with Gasteiger partial charge in [0.2, 0.25) is 5.88 Å². The number of rotatable bonds is 3. The molecule has 0 saturated heterocycles. The maximum Gasteiger partial charge on any atom is 0.396 e. The van der Waals surface area contributed by atoms with Gasteiger partial charge in [-0.15, -0.1) is 0 Å². The molecule has 1 aromatic heterocycles. The number of nitrogens with zero attached hydrogens (tertiary/aromatic N) is 1. The molecule has 1 aromatic carbocycles. The molecule has 0 atom stereocenters. The molecule has 5 heteroatoms. The lowest BCUT2D eigenvalue weighted by Crippen LogP contribution is -2.08. The highest BCUT2D eigenvalue weighted by molar-refractivity contribution is 5.32. The van der Waals surface area contributed by atoms with Crippen molar-refractivity contribution in [2.75, 3.05) is 0 Å². The third-order valence-corrected chi connectivity index (χ3v) is 2.05. The van der Waals surface area contributed by atoms with Crippen molar-refractivity contribution in [1.82, 2.24) is 4.98 Å². The van der Waals surface area contributed by atoms with Crippen molar-refractivity contribution in [2.24, 2.45) is 0 Å². The van der Waals surface area contributed by atoms with E-state index in [-0.39, 0.29) is 17.9 Å². The molecule has 2 aromatic rings. The van der Waals surface area contributed by atoms with Crippen molar-refractivity contribution in [2.45, 2.75) is 6.18 Å². The monoisotopic (exact) mass is 252 g/mol. The smallest absolute Gasteiger partial charge is 0.396 e. The Morgan fingerprint density at radius 1 is 1.06 bits per heavy atom. The number of benzene rings is 1. The molecule has 0 aliphatic rings. The van der Waals surface area contributed by atoms with Gasteiger partial charge in [-0.05, 0) is 23.8 Å². The standard InChI is InChI=1S/C13H9F3NO/c14-13(15,16)9-10-6-7-17-12(8-10)18-11-4-2-1-3-5-11/h1-9H. The summed E-state index contributed by atoms with van der Waals surface area (Å²) in [6.45, 7) is 0. The lowest BCUT2D eigenvalue weighted by molar-refractivity contribution is -0.0927. The van der Waals surface area contributed by atoms with Gasteiger partial charge in [0.1, 0.15) is 5.75 Å². The van der Waals surface area contributed by atoms with Crippen molar-refractivity contribution in [3.8, 4) is 11.6 Å². The molecule has 0 unspecified atom stereocenters. The fraction of sp³-hybridized carbons (Fsp3) is 0.0769. The molecule has 93 valence electrons. The van der Waals surface area contributed by atoms with Crippen molar-refractivity contribution in [3.63, 3.8) is 0 Å². The molecule has 0 aliphatic carbocycles. The van der Waals surface area contributed by atoms with Crippen LogP contribution < -0.4 is 4.74 Å². The largest absolute Gasteiger partial charge is 0.439 e. The van der Waals surface area contributed by atoms with Crippen molar-refractivity contribution >= 4 is 0 Å². The van der Waals surface area contributed by atoms with Crippen LogP contribution in [0.3, 0.4) is 0 Å². The molecular weight excluding hydrogens is 243 g/mol. The van der Waals surface area contributed by atoms with Gasteiger partial charge in [0.05, 0.1) is 6.42 Å². The number of hydrogen-bond acceptors (Lipinski definition) is 2. The Bertz CT molecular complexity index is 511. The molecule has 2 rings (SSSR count). The molecule has 0 spiro atoms. The highest BCUT2D eigenvalue weighted by Crippen LogP contribution is 2.26. The molecule has 0 N–H and O–H groups in total. The third kappa shape index (κ3) is 3.76. The molecule has 0 aliphatic heterocycles. The first kappa shape index (κ1) is 12.4. The maximum atomic E-state index is 12.2. The van der Waals surface area contributed by atoms with E-state index < -0.39 is 6.18 Å². The zero-order chi connectivity index (χ0) is 13.0. The van der Waals surface area contributed by atoms with Crippen LogP contribution in [-0.2, 0) is 0 Å². The van der Waals surface area contributed by atoms with Crippen LogP contribution in [0.1, 0.15) is 5.56 Å². The topological polar surface area (TPSA) is 22.1 Å². The van der Waals surface area contributed by atoms with E-state index in [2.05, 4.69) is 4.98 Å². The van der Waals surface area contributed by atoms with Gasteiger partial charge in [-0.2, -0.15) is 13.2 Å². The zero-order valence-corrected chi connectivity index (χ0v) is 9.19. The van der Waals surface area contributed by atoms with Crippen molar-refractivity contribution in [1.29, 1.82) is 0 Å². The van der Waals surface area contributed by atoms with E-state index in [0.717, 1.165) is 0 Å². The summed E-state index contributed by atoms with van der Waals surface area (Å²) >= 11 is 0. The maximum absolute atomic E-state index is 12.2. The predicted octanol–water partition coefficient (Wildman–Crippen LogP) is 3.99. The van der Waals surface area contributed by atoms with Crippen molar-refractivity contribution in [3.05, 3.63) is 60.6 Å². The Balaban J connectivity index is 2.13. The third-order valence-electron chi connectivity index (χ3n) is 2.05. The van der Waals surface area contributed by atoms with E-state index >= 15 is 0 Å². The Morgan fingerprint density at radius 2 is 1.78 bits per heavy atom. The number of hydrogen-bond donors (Lipinski definition) is 0. The van der Waals surface area contributed by atoms with Crippen LogP contribution in [-0.4, -0.2) is 11.2 Å². The molecular formula is C13H9F3NO. The van der Waals surface area contributed by atoms with Crippen LogP contribution in [0.4, 0.5) is 13.2 Å². The summed E-state index contributed by atoms with van der Waals surface area (Å²) in [4.78, 5) is 3.86. The van der Waals surface area contributed by atoms with Gasteiger partial charge < -0.3 is 4.74 Å².